The van der Waals surface area contributed by atoms with Crippen molar-refractivity contribution in [3.63, 3.8) is 0 Å². The van der Waals surface area contributed by atoms with Gasteiger partial charge in [0.2, 0.25) is 5.89 Å². The van der Waals surface area contributed by atoms with Crippen LogP contribution in [0.5, 0.6) is 0 Å². The summed E-state index contributed by atoms with van der Waals surface area (Å²) >= 11 is 0. The molecule has 0 bridgehead atoms. The van der Waals surface area contributed by atoms with Gasteiger partial charge in [0.1, 0.15) is 0 Å². The summed E-state index contributed by atoms with van der Waals surface area (Å²) in [5, 5.41) is 11.4. The molecule has 0 saturated heterocycles. The lowest BCUT2D eigenvalue weighted by atomic mass is 9.87. The maximum absolute atomic E-state index is 5.56. The zero-order valence-electron chi connectivity index (χ0n) is 11.6. The van der Waals surface area contributed by atoms with E-state index < -0.39 is 0 Å². The molecule has 0 spiro atoms. The Balaban J connectivity index is 1.51. The van der Waals surface area contributed by atoms with Crippen molar-refractivity contribution >= 4 is 0 Å². The van der Waals surface area contributed by atoms with Crippen LogP contribution in [0.2, 0.25) is 0 Å². The Morgan fingerprint density at radius 1 is 1.10 bits per heavy atom. The number of hydrogen-bond acceptors (Lipinski definition) is 4. The SMILES string of the molecule is c1n[nH]c2c1C[C@H](c1nc(C3CCCCC3)no1)CC2. The molecule has 0 radical (unpaired) electrons. The molecule has 1 saturated carbocycles. The first-order valence-electron chi connectivity index (χ1n) is 7.75. The van der Waals surface area contributed by atoms with Crippen LogP contribution in [-0.2, 0) is 12.8 Å². The molecule has 1 atom stereocenters. The predicted octanol–water partition coefficient (Wildman–Crippen LogP) is 3.11. The van der Waals surface area contributed by atoms with Gasteiger partial charge in [-0.2, -0.15) is 10.1 Å². The molecule has 2 heterocycles. The van der Waals surface area contributed by atoms with Crippen molar-refractivity contribution in [1.29, 1.82) is 0 Å². The second-order valence-electron chi connectivity index (χ2n) is 6.14. The summed E-state index contributed by atoms with van der Waals surface area (Å²) in [7, 11) is 0. The molecule has 0 amide bonds. The van der Waals surface area contributed by atoms with Crippen molar-refractivity contribution in [3.05, 3.63) is 29.2 Å². The fraction of sp³-hybridized carbons (Fsp3) is 0.667. The first-order chi connectivity index (χ1) is 9.90. The molecule has 2 aliphatic carbocycles. The first kappa shape index (κ1) is 12.1. The van der Waals surface area contributed by atoms with E-state index in [2.05, 4.69) is 15.4 Å². The van der Waals surface area contributed by atoms with Crippen molar-refractivity contribution in [2.75, 3.05) is 0 Å². The van der Waals surface area contributed by atoms with Crippen molar-refractivity contribution in [3.8, 4) is 0 Å². The number of aryl methyl sites for hydroxylation is 1. The number of hydrogen-bond donors (Lipinski definition) is 1. The first-order valence-corrected chi connectivity index (χ1v) is 7.75. The highest BCUT2D eigenvalue weighted by Gasteiger charge is 2.28. The zero-order chi connectivity index (χ0) is 13.4. The van der Waals surface area contributed by atoms with Crippen LogP contribution in [0, 0.1) is 0 Å². The summed E-state index contributed by atoms with van der Waals surface area (Å²) < 4.78 is 5.56. The number of aromatic amines is 1. The highest BCUT2D eigenvalue weighted by Crippen LogP contribution is 2.34. The second kappa shape index (κ2) is 5.04. The van der Waals surface area contributed by atoms with E-state index in [0.717, 1.165) is 31.0 Å². The summed E-state index contributed by atoms with van der Waals surface area (Å²) in [6.07, 6.45) is 11.4. The van der Waals surface area contributed by atoms with Gasteiger partial charge in [-0.25, -0.2) is 0 Å². The monoisotopic (exact) mass is 272 g/mol. The van der Waals surface area contributed by atoms with Crippen LogP contribution in [-0.4, -0.2) is 20.3 Å². The number of nitrogens with zero attached hydrogens (tertiary/aromatic N) is 3. The third-order valence-corrected chi connectivity index (χ3v) is 4.79. The highest BCUT2D eigenvalue weighted by atomic mass is 16.5. The zero-order valence-corrected chi connectivity index (χ0v) is 11.6. The topological polar surface area (TPSA) is 67.6 Å². The van der Waals surface area contributed by atoms with Crippen molar-refractivity contribution in [1.82, 2.24) is 20.3 Å². The number of H-pyrrole nitrogens is 1. The van der Waals surface area contributed by atoms with E-state index in [0.29, 0.717) is 11.8 Å². The Labute approximate surface area is 118 Å². The smallest absolute Gasteiger partial charge is 0.230 e. The van der Waals surface area contributed by atoms with Gasteiger partial charge in [-0.15, -0.1) is 0 Å². The van der Waals surface area contributed by atoms with E-state index in [9.17, 15) is 0 Å². The van der Waals surface area contributed by atoms with Crippen LogP contribution >= 0.6 is 0 Å². The van der Waals surface area contributed by atoms with E-state index in [-0.39, 0.29) is 0 Å². The third-order valence-electron chi connectivity index (χ3n) is 4.79. The summed E-state index contributed by atoms with van der Waals surface area (Å²) in [6.45, 7) is 0. The van der Waals surface area contributed by atoms with Gasteiger partial charge in [0, 0.05) is 17.5 Å². The molecule has 5 heteroatoms. The van der Waals surface area contributed by atoms with Gasteiger partial charge in [-0.1, -0.05) is 24.4 Å². The molecule has 2 aromatic rings. The average molecular weight is 272 g/mol. The minimum absolute atomic E-state index is 0.366. The Kier molecular flexibility index (Phi) is 3.05. The molecule has 0 aromatic carbocycles. The van der Waals surface area contributed by atoms with Crippen molar-refractivity contribution in [2.45, 2.75) is 63.2 Å². The van der Waals surface area contributed by atoms with Crippen LogP contribution in [0.25, 0.3) is 0 Å². The van der Waals surface area contributed by atoms with E-state index >= 15 is 0 Å². The molecule has 2 aromatic heterocycles. The lowest BCUT2D eigenvalue weighted by Gasteiger charge is -2.18. The number of rotatable bonds is 2. The van der Waals surface area contributed by atoms with Gasteiger partial charge in [-0.3, -0.25) is 5.10 Å². The molecule has 0 unspecified atom stereocenters. The number of aromatic nitrogens is 4. The molecule has 2 aliphatic rings. The van der Waals surface area contributed by atoms with Crippen LogP contribution in [0.4, 0.5) is 0 Å². The van der Waals surface area contributed by atoms with Gasteiger partial charge in [0.15, 0.2) is 5.82 Å². The summed E-state index contributed by atoms with van der Waals surface area (Å²) in [4.78, 5) is 4.71. The Morgan fingerprint density at radius 2 is 2.00 bits per heavy atom. The van der Waals surface area contributed by atoms with Gasteiger partial charge in [0.05, 0.1) is 6.20 Å². The third kappa shape index (κ3) is 2.15. The fourth-order valence-electron chi connectivity index (χ4n) is 3.57. The van der Waals surface area contributed by atoms with E-state index in [1.807, 2.05) is 6.20 Å². The number of fused-ring (bicyclic) bond motifs is 1. The van der Waals surface area contributed by atoms with Crippen LogP contribution < -0.4 is 0 Å². The summed E-state index contributed by atoms with van der Waals surface area (Å²) in [5.41, 5.74) is 2.58. The molecule has 5 nitrogen and oxygen atoms in total. The minimum Gasteiger partial charge on any atom is -0.339 e. The molecule has 106 valence electrons. The normalized spacial score (nSPS) is 23.7. The average Bonchev–Trinajstić information content (AvgIpc) is 3.16. The van der Waals surface area contributed by atoms with E-state index in [1.54, 1.807) is 0 Å². The molecule has 20 heavy (non-hydrogen) atoms. The highest BCUT2D eigenvalue weighted by molar-refractivity contribution is 5.23. The standard InChI is InChI=1S/C15H20N4O/c1-2-4-10(5-3-1)14-17-15(20-19-14)11-6-7-13-12(8-11)9-16-18-13/h9-11H,1-8H2,(H,16,18)/t11-/m1/s1. The Morgan fingerprint density at radius 3 is 2.90 bits per heavy atom. The Bertz CT molecular complexity index is 582. The molecule has 4 rings (SSSR count). The predicted molar refractivity (Wildman–Crippen MR) is 73.5 cm³/mol. The molecular weight excluding hydrogens is 252 g/mol. The lowest BCUT2D eigenvalue weighted by Crippen LogP contribution is -2.12. The van der Waals surface area contributed by atoms with Gasteiger partial charge in [-0.05, 0) is 37.7 Å². The van der Waals surface area contributed by atoms with Gasteiger partial charge >= 0.3 is 0 Å². The summed E-state index contributed by atoms with van der Waals surface area (Å²) in [5.74, 6) is 2.66. The quantitative estimate of drug-likeness (QED) is 0.912. The van der Waals surface area contributed by atoms with Crippen LogP contribution in [0.3, 0.4) is 0 Å². The second-order valence-corrected chi connectivity index (χ2v) is 6.14. The molecule has 1 N–H and O–H groups in total. The molecule has 0 aliphatic heterocycles. The maximum Gasteiger partial charge on any atom is 0.230 e. The van der Waals surface area contributed by atoms with Crippen LogP contribution in [0.1, 0.15) is 73.3 Å². The van der Waals surface area contributed by atoms with E-state index in [1.165, 1.54) is 43.4 Å². The molecular formula is C15H20N4O. The van der Waals surface area contributed by atoms with Gasteiger partial charge in [0.25, 0.3) is 0 Å². The van der Waals surface area contributed by atoms with E-state index in [4.69, 9.17) is 9.51 Å². The number of nitrogens with one attached hydrogen (secondary N) is 1. The Hall–Kier alpha value is -1.65. The largest absolute Gasteiger partial charge is 0.339 e. The van der Waals surface area contributed by atoms with Crippen LogP contribution in [0.15, 0.2) is 10.7 Å². The molecule has 1 fully saturated rings. The maximum atomic E-state index is 5.56. The lowest BCUT2D eigenvalue weighted by molar-refractivity contribution is 0.330. The van der Waals surface area contributed by atoms with Crippen molar-refractivity contribution < 1.29 is 4.52 Å². The van der Waals surface area contributed by atoms with Crippen molar-refractivity contribution in [2.24, 2.45) is 0 Å². The minimum atomic E-state index is 0.366. The van der Waals surface area contributed by atoms with Gasteiger partial charge < -0.3 is 4.52 Å². The summed E-state index contributed by atoms with van der Waals surface area (Å²) in [6, 6.07) is 0. The fourth-order valence-corrected chi connectivity index (χ4v) is 3.57.